The second-order valence-corrected chi connectivity index (χ2v) is 9.79. The summed E-state index contributed by atoms with van der Waals surface area (Å²) in [6.45, 7) is 0.337. The topological polar surface area (TPSA) is 97.5 Å². The van der Waals surface area contributed by atoms with Crippen LogP contribution in [0.5, 0.6) is 0 Å². The van der Waals surface area contributed by atoms with Crippen LogP contribution in [-0.4, -0.2) is 40.6 Å². The van der Waals surface area contributed by atoms with Gasteiger partial charge < -0.3 is 5.73 Å². The third-order valence-electron chi connectivity index (χ3n) is 3.81. The molecule has 8 heteroatoms. The lowest BCUT2D eigenvalue weighted by molar-refractivity contribution is 0.551. The minimum Gasteiger partial charge on any atom is -0.326 e. The predicted octanol–water partition coefficient (Wildman–Crippen LogP) is 0.488. The average molecular weight is 332 g/mol. The van der Waals surface area contributed by atoms with Crippen molar-refractivity contribution in [3.8, 4) is 0 Å². The van der Waals surface area contributed by atoms with Gasteiger partial charge in [-0.05, 0) is 30.5 Å². The van der Waals surface area contributed by atoms with Gasteiger partial charge in [0, 0.05) is 13.6 Å². The first-order chi connectivity index (χ1) is 9.76. The summed E-state index contributed by atoms with van der Waals surface area (Å²) in [5.74, 6) is -0.124. The molecule has 1 aromatic carbocycles. The molecule has 6 nitrogen and oxygen atoms in total. The molecule has 118 valence electrons. The standard InChI is InChI=1S/C13H20N2O4S2/c1-15(12-4-2-3-11(9-12)10-14)21(18,19)13-5-7-20(16,17)8-6-13/h2-4,9,13H,5-8,10,14H2,1H3. The van der Waals surface area contributed by atoms with E-state index in [2.05, 4.69) is 0 Å². The molecule has 0 radical (unpaired) electrons. The number of anilines is 1. The Kier molecular flexibility index (Phi) is 4.60. The van der Waals surface area contributed by atoms with Gasteiger partial charge in [-0.15, -0.1) is 0 Å². The monoisotopic (exact) mass is 332 g/mol. The predicted molar refractivity (Wildman–Crippen MR) is 83.3 cm³/mol. The van der Waals surface area contributed by atoms with Crippen LogP contribution in [0.3, 0.4) is 0 Å². The van der Waals surface area contributed by atoms with Gasteiger partial charge in [0.25, 0.3) is 0 Å². The number of benzene rings is 1. The molecule has 0 aliphatic carbocycles. The zero-order valence-corrected chi connectivity index (χ0v) is 13.5. The lowest BCUT2D eigenvalue weighted by Gasteiger charge is -2.28. The number of hydrogen-bond acceptors (Lipinski definition) is 5. The largest absolute Gasteiger partial charge is 0.326 e. The van der Waals surface area contributed by atoms with Crippen LogP contribution in [0, 0.1) is 0 Å². The van der Waals surface area contributed by atoms with E-state index in [1.807, 2.05) is 6.07 Å². The molecular weight excluding hydrogens is 312 g/mol. The van der Waals surface area contributed by atoms with Crippen LogP contribution in [0.15, 0.2) is 24.3 Å². The Balaban J connectivity index is 2.22. The SMILES string of the molecule is CN(c1cccc(CN)c1)S(=O)(=O)C1CCS(=O)(=O)CC1. The summed E-state index contributed by atoms with van der Waals surface area (Å²) in [5.41, 5.74) is 6.96. The summed E-state index contributed by atoms with van der Waals surface area (Å²) >= 11 is 0. The van der Waals surface area contributed by atoms with Crippen molar-refractivity contribution in [2.24, 2.45) is 5.73 Å². The normalized spacial score (nSPS) is 19.3. The quantitative estimate of drug-likeness (QED) is 0.865. The van der Waals surface area contributed by atoms with Crippen molar-refractivity contribution in [1.82, 2.24) is 0 Å². The van der Waals surface area contributed by atoms with Crippen LogP contribution in [0.1, 0.15) is 18.4 Å². The zero-order valence-electron chi connectivity index (χ0n) is 11.9. The van der Waals surface area contributed by atoms with E-state index in [4.69, 9.17) is 5.73 Å². The van der Waals surface area contributed by atoms with Crippen LogP contribution in [0.2, 0.25) is 0 Å². The molecule has 21 heavy (non-hydrogen) atoms. The molecule has 1 heterocycles. The average Bonchev–Trinajstić information content (AvgIpc) is 2.46. The minimum atomic E-state index is -3.56. The highest BCUT2D eigenvalue weighted by Crippen LogP contribution is 2.26. The smallest absolute Gasteiger partial charge is 0.237 e. The summed E-state index contributed by atoms with van der Waals surface area (Å²) in [6, 6.07) is 7.03. The molecule has 0 unspecified atom stereocenters. The first kappa shape index (κ1) is 16.3. The fourth-order valence-corrected chi connectivity index (χ4v) is 5.89. The molecule has 1 saturated heterocycles. The molecule has 1 aromatic rings. The van der Waals surface area contributed by atoms with E-state index >= 15 is 0 Å². The van der Waals surface area contributed by atoms with Crippen molar-refractivity contribution in [2.45, 2.75) is 24.6 Å². The Morgan fingerprint density at radius 2 is 1.90 bits per heavy atom. The van der Waals surface area contributed by atoms with E-state index < -0.39 is 25.1 Å². The Labute approximate surface area is 125 Å². The van der Waals surface area contributed by atoms with Gasteiger partial charge in [-0.1, -0.05) is 12.1 Å². The molecule has 2 rings (SSSR count). The fraction of sp³-hybridized carbons (Fsp3) is 0.538. The molecule has 0 saturated carbocycles. The number of nitrogens with zero attached hydrogens (tertiary/aromatic N) is 1. The zero-order chi connectivity index (χ0) is 15.7. The minimum absolute atomic E-state index is 0.0619. The lowest BCUT2D eigenvalue weighted by atomic mass is 10.2. The van der Waals surface area contributed by atoms with Gasteiger partial charge in [0.05, 0.1) is 22.4 Å². The molecule has 0 aromatic heterocycles. The van der Waals surface area contributed by atoms with E-state index in [0.717, 1.165) is 5.56 Å². The first-order valence-electron chi connectivity index (χ1n) is 6.73. The number of nitrogens with two attached hydrogens (primary N) is 1. The van der Waals surface area contributed by atoms with Crippen molar-refractivity contribution in [3.63, 3.8) is 0 Å². The lowest BCUT2D eigenvalue weighted by Crippen LogP contribution is -2.41. The Hall–Kier alpha value is -1.12. The van der Waals surface area contributed by atoms with Crippen LogP contribution in [-0.2, 0) is 26.4 Å². The Bertz CT molecular complexity index is 699. The summed E-state index contributed by atoms with van der Waals surface area (Å²) in [5, 5.41) is -0.646. The van der Waals surface area contributed by atoms with Crippen molar-refractivity contribution in [1.29, 1.82) is 0 Å². The van der Waals surface area contributed by atoms with Gasteiger partial charge in [-0.3, -0.25) is 4.31 Å². The molecule has 0 bridgehead atoms. The maximum atomic E-state index is 12.6. The van der Waals surface area contributed by atoms with Crippen molar-refractivity contribution in [2.75, 3.05) is 22.9 Å². The number of sulfone groups is 1. The van der Waals surface area contributed by atoms with Crippen molar-refractivity contribution in [3.05, 3.63) is 29.8 Å². The van der Waals surface area contributed by atoms with Gasteiger partial charge in [0.1, 0.15) is 9.84 Å². The molecular formula is C13H20N2O4S2. The van der Waals surface area contributed by atoms with E-state index in [-0.39, 0.29) is 24.3 Å². The molecule has 0 atom stereocenters. The van der Waals surface area contributed by atoms with E-state index in [0.29, 0.717) is 12.2 Å². The van der Waals surface area contributed by atoms with Gasteiger partial charge >= 0.3 is 0 Å². The molecule has 1 aliphatic heterocycles. The second kappa shape index (κ2) is 5.94. The van der Waals surface area contributed by atoms with E-state index in [1.165, 1.54) is 11.4 Å². The van der Waals surface area contributed by atoms with Gasteiger partial charge in [-0.2, -0.15) is 0 Å². The third-order valence-corrected chi connectivity index (χ3v) is 7.82. The number of hydrogen-bond donors (Lipinski definition) is 1. The maximum absolute atomic E-state index is 12.6. The van der Waals surface area contributed by atoms with Crippen LogP contribution >= 0.6 is 0 Å². The number of rotatable bonds is 4. The highest BCUT2D eigenvalue weighted by Gasteiger charge is 2.35. The summed E-state index contributed by atoms with van der Waals surface area (Å²) < 4.78 is 49.3. The third kappa shape index (κ3) is 3.56. The van der Waals surface area contributed by atoms with Gasteiger partial charge in [0.15, 0.2) is 0 Å². The number of sulfonamides is 1. The van der Waals surface area contributed by atoms with Crippen LogP contribution in [0.4, 0.5) is 5.69 Å². The van der Waals surface area contributed by atoms with E-state index in [9.17, 15) is 16.8 Å². The Morgan fingerprint density at radius 3 is 2.48 bits per heavy atom. The molecule has 1 fully saturated rings. The van der Waals surface area contributed by atoms with Crippen molar-refractivity contribution < 1.29 is 16.8 Å². The van der Waals surface area contributed by atoms with E-state index in [1.54, 1.807) is 18.2 Å². The molecule has 2 N–H and O–H groups in total. The molecule has 0 spiro atoms. The highest BCUT2D eigenvalue weighted by molar-refractivity contribution is 7.94. The van der Waals surface area contributed by atoms with Crippen molar-refractivity contribution >= 4 is 25.5 Å². The van der Waals surface area contributed by atoms with Gasteiger partial charge in [0.2, 0.25) is 10.0 Å². The highest BCUT2D eigenvalue weighted by atomic mass is 32.2. The first-order valence-corrected chi connectivity index (χ1v) is 10.1. The second-order valence-electron chi connectivity index (χ2n) is 5.24. The van der Waals surface area contributed by atoms with Gasteiger partial charge in [-0.25, -0.2) is 16.8 Å². The Morgan fingerprint density at radius 1 is 1.29 bits per heavy atom. The van der Waals surface area contributed by atoms with Crippen LogP contribution < -0.4 is 10.0 Å². The molecule has 1 aliphatic rings. The molecule has 0 amide bonds. The summed E-state index contributed by atoms with van der Waals surface area (Å²) in [7, 11) is -5.14. The fourth-order valence-electron chi connectivity index (χ4n) is 2.42. The summed E-state index contributed by atoms with van der Waals surface area (Å²) in [6.07, 6.45) is 0.317. The van der Waals surface area contributed by atoms with Crippen LogP contribution in [0.25, 0.3) is 0 Å². The summed E-state index contributed by atoms with van der Waals surface area (Å²) in [4.78, 5) is 0. The maximum Gasteiger partial charge on any atom is 0.237 e.